The summed E-state index contributed by atoms with van der Waals surface area (Å²) >= 11 is 0. The second-order valence-electron chi connectivity index (χ2n) is 24.7. The number of carbonyl (C=O) groups excluding carboxylic acids is 11. The van der Waals surface area contributed by atoms with Gasteiger partial charge in [0.25, 0.3) is 0 Å². The van der Waals surface area contributed by atoms with Crippen molar-refractivity contribution in [2.75, 3.05) is 55.9 Å². The molecule has 0 radical (unpaired) electrons. The predicted octanol–water partition coefficient (Wildman–Crippen LogP) is 3.11. The third kappa shape index (κ3) is 20.0. The van der Waals surface area contributed by atoms with Crippen molar-refractivity contribution < 1.29 is 52.7 Å². The fourth-order valence-electron chi connectivity index (χ4n) is 10.2. The highest BCUT2D eigenvalue weighted by molar-refractivity contribution is 5.99. The van der Waals surface area contributed by atoms with Gasteiger partial charge in [0.15, 0.2) is 0 Å². The Hall–Kier alpha value is -5.83. The number of rotatable bonds is 13. The van der Waals surface area contributed by atoms with Crippen molar-refractivity contribution in [1.82, 2.24) is 55.6 Å². The summed E-state index contributed by atoms with van der Waals surface area (Å²) in [6, 6.07) is -11.3. The maximum atomic E-state index is 14.9. The van der Waals surface area contributed by atoms with Crippen LogP contribution >= 0.6 is 0 Å². The van der Waals surface area contributed by atoms with E-state index in [1.165, 1.54) is 97.5 Å². The molecule has 1 fully saturated rings. The highest BCUT2D eigenvalue weighted by atomic mass is 16.2. The van der Waals surface area contributed by atoms with Crippen LogP contribution in [0.15, 0.2) is 0 Å². The summed E-state index contributed by atoms with van der Waals surface area (Å²) < 4.78 is 0. The molecule has 458 valence electrons. The molecular formula is C58H105N11O11. The average Bonchev–Trinajstić information content (AvgIpc) is 3.36. The summed E-state index contributed by atoms with van der Waals surface area (Å²) in [6.07, 6.45) is 1.53. The molecule has 0 aromatic rings. The Morgan fingerprint density at radius 2 is 0.787 bits per heavy atom. The maximum absolute atomic E-state index is 14.9. The van der Waals surface area contributed by atoms with E-state index in [0.29, 0.717) is 6.42 Å². The molecule has 1 saturated heterocycles. The van der Waals surface area contributed by atoms with Gasteiger partial charge in [-0.15, -0.1) is 0 Å². The summed E-state index contributed by atoms with van der Waals surface area (Å²) in [5.74, 6) is -8.09. The molecule has 4 N–H and O–H groups in total. The van der Waals surface area contributed by atoms with E-state index in [1.807, 2.05) is 62.3 Å². The van der Waals surface area contributed by atoms with Crippen LogP contribution in [0.5, 0.6) is 0 Å². The van der Waals surface area contributed by atoms with Crippen LogP contribution in [0.4, 0.5) is 0 Å². The Morgan fingerprint density at radius 3 is 1.23 bits per heavy atom. The van der Waals surface area contributed by atoms with Crippen molar-refractivity contribution in [2.45, 2.75) is 216 Å². The molecule has 0 unspecified atom stereocenters. The van der Waals surface area contributed by atoms with Gasteiger partial charge in [0, 0.05) is 49.3 Å². The lowest BCUT2D eigenvalue weighted by molar-refractivity contribution is -0.156. The average molecular weight is 1130 g/mol. The van der Waals surface area contributed by atoms with Crippen molar-refractivity contribution >= 4 is 65.0 Å². The summed E-state index contributed by atoms with van der Waals surface area (Å²) in [7, 11) is 10.2. The van der Waals surface area contributed by atoms with Gasteiger partial charge in [-0.1, -0.05) is 103 Å². The third-order valence-corrected chi connectivity index (χ3v) is 15.1. The summed E-state index contributed by atoms with van der Waals surface area (Å²) in [5.41, 5.74) is 0. The molecule has 0 saturated carbocycles. The molecule has 22 nitrogen and oxygen atoms in total. The van der Waals surface area contributed by atoms with Crippen molar-refractivity contribution in [3.63, 3.8) is 0 Å². The highest BCUT2D eigenvalue weighted by Crippen LogP contribution is 2.24. The van der Waals surface area contributed by atoms with Crippen LogP contribution in [0.1, 0.15) is 156 Å². The summed E-state index contributed by atoms with van der Waals surface area (Å²) in [6.45, 7) is 28.0. The molecule has 0 bridgehead atoms. The van der Waals surface area contributed by atoms with Gasteiger partial charge < -0.3 is 55.6 Å². The first-order valence-corrected chi connectivity index (χ1v) is 28.9. The monoisotopic (exact) mass is 1130 g/mol. The first-order valence-electron chi connectivity index (χ1n) is 28.9. The fraction of sp³-hybridized carbons (Fsp3) is 0.810. The molecule has 0 aliphatic carbocycles. The van der Waals surface area contributed by atoms with E-state index in [2.05, 4.69) is 21.3 Å². The van der Waals surface area contributed by atoms with Crippen LogP contribution < -0.4 is 21.3 Å². The molecular weight excluding hydrogens is 1030 g/mol. The summed E-state index contributed by atoms with van der Waals surface area (Å²) in [4.78, 5) is 167. The van der Waals surface area contributed by atoms with Crippen molar-refractivity contribution in [2.24, 2.45) is 35.5 Å². The number of likely N-dealkylation sites (N-methyl/N-ethyl adjacent to an activating group) is 7. The van der Waals surface area contributed by atoms with Crippen LogP contribution in [0.25, 0.3) is 0 Å². The standard InChI is InChI=1S/C58H105N11O11/c1-24-26-40-54(76)63(17)31-46(70)64(18)42(27-32(3)4)52(74)62-47(36(11)12)57(79)66(20)43(28-33(5)6)51(73)59-38(15)49(71)60-39(16)53(75)67(21)44(29-34(7)8)55(77)68(22)45(30-35(9)10)56(78)69(23)48(37(13)14)58(80)65(19)41(25-2)50(72)61-40/h32-45,47-48H,24-31H2,1-23H3,(H,59,73)(H,60,71)(H,61,72)(H,62,74)/t38-,39+,40-,41-,42-,43-,44-,45-,47-,48-/m0/s1. The van der Waals surface area contributed by atoms with E-state index >= 15 is 0 Å². The van der Waals surface area contributed by atoms with E-state index in [4.69, 9.17) is 0 Å². The molecule has 22 heteroatoms. The zero-order chi connectivity index (χ0) is 62.1. The lowest BCUT2D eigenvalue weighted by Crippen LogP contribution is -2.61. The second-order valence-corrected chi connectivity index (χ2v) is 24.7. The minimum Gasteiger partial charge on any atom is -0.343 e. The summed E-state index contributed by atoms with van der Waals surface area (Å²) in [5, 5.41) is 11.1. The van der Waals surface area contributed by atoms with E-state index < -0.39 is 144 Å². The van der Waals surface area contributed by atoms with E-state index in [0.717, 1.165) is 0 Å². The second kappa shape index (κ2) is 32.6. The lowest BCUT2D eigenvalue weighted by atomic mass is 9.95. The highest BCUT2D eigenvalue weighted by Gasteiger charge is 2.44. The Kier molecular flexibility index (Phi) is 29.4. The van der Waals surface area contributed by atoms with Crippen LogP contribution in [-0.4, -0.2) is 216 Å². The van der Waals surface area contributed by atoms with Gasteiger partial charge in [0.05, 0.1) is 6.54 Å². The number of amides is 11. The van der Waals surface area contributed by atoms with E-state index in [9.17, 15) is 52.7 Å². The smallest absolute Gasteiger partial charge is 0.246 e. The predicted molar refractivity (Wildman–Crippen MR) is 309 cm³/mol. The number of nitrogens with one attached hydrogen (secondary N) is 4. The van der Waals surface area contributed by atoms with E-state index in [1.54, 1.807) is 34.6 Å². The number of hydrogen-bond acceptors (Lipinski definition) is 11. The Morgan fingerprint density at radius 1 is 0.400 bits per heavy atom. The van der Waals surface area contributed by atoms with Crippen LogP contribution in [0.3, 0.4) is 0 Å². The van der Waals surface area contributed by atoms with Gasteiger partial charge in [-0.3, -0.25) is 52.7 Å². The maximum Gasteiger partial charge on any atom is 0.246 e. The van der Waals surface area contributed by atoms with Gasteiger partial charge in [0.1, 0.15) is 60.4 Å². The number of carbonyl (C=O) groups is 11. The topological polar surface area (TPSA) is 259 Å². The van der Waals surface area contributed by atoms with Crippen LogP contribution in [0, 0.1) is 35.5 Å². The van der Waals surface area contributed by atoms with Gasteiger partial charge in [0.2, 0.25) is 65.0 Å². The number of nitrogens with zero attached hydrogens (tertiary/aromatic N) is 7. The van der Waals surface area contributed by atoms with Gasteiger partial charge in [-0.05, 0) is 87.9 Å². The van der Waals surface area contributed by atoms with Crippen molar-refractivity contribution in [1.29, 1.82) is 0 Å². The SMILES string of the molecule is CCC[C@@H]1NC(=O)[C@H](CC)N(C)C(=O)[C@H](C(C)C)N(C)C(=O)[C@H](CC(C)C)N(C)C(=O)[C@H](CC(C)C)N(C)C(=O)[C@@H](C)NC(=O)[C@H](C)NC(=O)[C@H](CC(C)C)N(C)C(=O)[C@H](C(C)C)NC(=O)[C@H](CC(C)C)N(C)C(=O)CN(C)C1=O. The first kappa shape index (κ1) is 72.2. The lowest BCUT2D eigenvalue weighted by Gasteiger charge is -2.40. The Balaban J connectivity index is 4.16. The molecule has 0 aromatic carbocycles. The molecule has 11 amide bonds. The Bertz CT molecular complexity index is 2150. The zero-order valence-corrected chi connectivity index (χ0v) is 53.0. The minimum atomic E-state index is -1.21. The molecule has 10 atom stereocenters. The zero-order valence-electron chi connectivity index (χ0n) is 53.0. The minimum absolute atomic E-state index is 0.107. The largest absolute Gasteiger partial charge is 0.343 e. The van der Waals surface area contributed by atoms with Gasteiger partial charge in [-0.2, -0.15) is 0 Å². The van der Waals surface area contributed by atoms with E-state index in [-0.39, 0.29) is 62.2 Å². The van der Waals surface area contributed by atoms with Crippen molar-refractivity contribution in [3.05, 3.63) is 0 Å². The molecule has 0 spiro atoms. The molecule has 80 heavy (non-hydrogen) atoms. The van der Waals surface area contributed by atoms with Crippen molar-refractivity contribution in [3.8, 4) is 0 Å². The van der Waals surface area contributed by atoms with Gasteiger partial charge in [-0.25, -0.2) is 0 Å². The molecule has 1 rings (SSSR count). The van der Waals surface area contributed by atoms with Gasteiger partial charge >= 0.3 is 0 Å². The quantitative estimate of drug-likeness (QED) is 0.208. The molecule has 0 aromatic heterocycles. The van der Waals surface area contributed by atoms with Crippen LogP contribution in [-0.2, 0) is 52.7 Å². The Labute approximate surface area is 479 Å². The number of hydrogen-bond donors (Lipinski definition) is 4. The molecule has 1 aliphatic rings. The normalized spacial score (nSPS) is 26.9. The fourth-order valence-corrected chi connectivity index (χ4v) is 10.2. The molecule has 1 aliphatic heterocycles. The third-order valence-electron chi connectivity index (χ3n) is 15.1. The first-order chi connectivity index (χ1) is 36.9. The van der Waals surface area contributed by atoms with Crippen LogP contribution in [0.2, 0.25) is 0 Å². The molecule has 1 heterocycles.